The third-order valence-corrected chi connectivity index (χ3v) is 63.6. The first-order valence-corrected chi connectivity index (χ1v) is 34.3. The topological polar surface area (TPSA) is 0 Å². The predicted octanol–water partition coefficient (Wildman–Crippen LogP) is 14.1. The van der Waals surface area contributed by atoms with Crippen LogP contribution in [0.2, 0.25) is 13.1 Å². The third-order valence-electron chi connectivity index (χ3n) is 11.6. The molecular formula is C46H43Cl2SiZr. The van der Waals surface area contributed by atoms with Crippen LogP contribution in [0.25, 0.3) is 56.3 Å². The molecule has 0 N–H and O–H groups in total. The Kier molecular flexibility index (Phi) is 8.63. The maximum atomic E-state index is 8.78. The Balaban J connectivity index is 1.38. The maximum absolute atomic E-state index is 8.78. The Hall–Kier alpha value is -3.26. The van der Waals surface area contributed by atoms with Crippen LogP contribution in [0.1, 0.15) is 50.3 Å². The number of benzene rings is 6. The van der Waals surface area contributed by atoms with Crippen molar-refractivity contribution in [3.63, 3.8) is 0 Å². The molecule has 0 saturated heterocycles. The fraction of sp³-hybridized carbons (Fsp3) is 0.174. The second kappa shape index (κ2) is 12.8. The molecule has 0 aromatic heterocycles. The Labute approximate surface area is 306 Å². The monoisotopic (exact) mass is 783 g/mol. The van der Waals surface area contributed by atoms with Crippen LogP contribution in [-0.2, 0) is 15.6 Å². The summed E-state index contributed by atoms with van der Waals surface area (Å²) < 4.78 is 0.0584. The Morgan fingerprint density at radius 3 is 1.86 bits per heavy atom. The van der Waals surface area contributed by atoms with Crippen LogP contribution in [0.3, 0.4) is 0 Å². The number of allylic oxidation sites excluding steroid dienone is 2. The van der Waals surface area contributed by atoms with E-state index < -0.39 is 21.5 Å². The van der Waals surface area contributed by atoms with Crippen molar-refractivity contribution in [1.29, 1.82) is 0 Å². The standard InChI is InChI=1S/C22H19.C22H17.C2H7Si.2ClH.Zr/c1-15(2)18-13-17-9-6-12-21(22(17)14-18)20-11-5-8-16-7-3-4-10-19(16)20;1-16-12-20-14-19(17-8-4-2-5-9-17)15-22(21(20)13-16)18-10-6-3-7-11-18;1-3-2;;;/h3-15H,1-2H3;2-15H,1H3;3H,1-2H3;2*1H;/q;;;;;+2/p-2. The van der Waals surface area contributed by atoms with Crippen molar-refractivity contribution in [3.05, 3.63) is 167 Å². The number of rotatable bonds is 7. The molecule has 0 fully saturated rings. The summed E-state index contributed by atoms with van der Waals surface area (Å²) in [6, 6.07) is 48.7. The second-order valence-electron chi connectivity index (χ2n) is 15.0. The van der Waals surface area contributed by atoms with Crippen molar-refractivity contribution in [2.24, 2.45) is 5.92 Å². The third kappa shape index (κ3) is 5.25. The van der Waals surface area contributed by atoms with E-state index in [1.54, 1.807) is 0 Å². The van der Waals surface area contributed by atoms with Crippen LogP contribution < -0.4 is 0 Å². The molecule has 0 radical (unpaired) electrons. The Morgan fingerprint density at radius 1 is 0.560 bits per heavy atom. The molecule has 0 heterocycles. The van der Waals surface area contributed by atoms with Gasteiger partial charge in [0.05, 0.1) is 0 Å². The molecule has 2 aliphatic rings. The van der Waals surface area contributed by atoms with E-state index in [1.165, 1.54) is 77.6 Å². The van der Waals surface area contributed by atoms with E-state index in [2.05, 4.69) is 179 Å². The molecule has 2 aliphatic carbocycles. The van der Waals surface area contributed by atoms with E-state index in [9.17, 15) is 0 Å². The zero-order valence-electron chi connectivity index (χ0n) is 29.4. The quantitative estimate of drug-likeness (QED) is 0.141. The number of fused-ring (bicyclic) bond motifs is 3. The average Bonchev–Trinajstić information content (AvgIpc) is 3.71. The molecule has 4 heteroatoms. The van der Waals surface area contributed by atoms with E-state index in [4.69, 9.17) is 17.0 Å². The summed E-state index contributed by atoms with van der Waals surface area (Å²) in [4.78, 5) is 0. The van der Waals surface area contributed by atoms with Crippen molar-refractivity contribution < 1.29 is 15.6 Å². The molecule has 0 nitrogen and oxygen atoms in total. The van der Waals surface area contributed by atoms with Crippen LogP contribution in [0, 0.1) is 5.92 Å². The van der Waals surface area contributed by atoms with Crippen molar-refractivity contribution in [2.45, 2.75) is 41.1 Å². The van der Waals surface area contributed by atoms with E-state index in [-0.39, 0.29) is 7.25 Å². The summed E-state index contributed by atoms with van der Waals surface area (Å²) in [5.74, 6) is -1.40. The van der Waals surface area contributed by atoms with E-state index in [0.29, 0.717) is 5.92 Å². The zero-order chi connectivity index (χ0) is 34.8. The molecule has 0 spiro atoms. The van der Waals surface area contributed by atoms with Gasteiger partial charge in [-0.2, -0.15) is 0 Å². The molecule has 6 aromatic rings. The molecule has 8 rings (SSSR count). The zero-order valence-corrected chi connectivity index (χ0v) is 34.5. The first-order chi connectivity index (χ1) is 24.1. The van der Waals surface area contributed by atoms with Crippen LogP contribution in [0.5, 0.6) is 0 Å². The van der Waals surface area contributed by atoms with Gasteiger partial charge in [-0.3, -0.25) is 0 Å². The molecule has 0 aliphatic heterocycles. The van der Waals surface area contributed by atoms with Gasteiger partial charge in [-0.05, 0) is 0 Å². The molecule has 50 heavy (non-hydrogen) atoms. The minimum atomic E-state index is -4.96. The average molecular weight is 786 g/mol. The van der Waals surface area contributed by atoms with Crippen molar-refractivity contribution >= 4 is 45.9 Å². The summed E-state index contributed by atoms with van der Waals surface area (Å²) in [6.07, 6.45) is 4.91. The summed E-state index contributed by atoms with van der Waals surface area (Å²) in [6.45, 7) is 11.9. The number of halogens is 2. The molecule has 6 aromatic carbocycles. The summed E-state index contributed by atoms with van der Waals surface area (Å²) >= 11 is -4.96. The van der Waals surface area contributed by atoms with Gasteiger partial charge < -0.3 is 0 Å². The van der Waals surface area contributed by atoms with Gasteiger partial charge in [0.2, 0.25) is 0 Å². The van der Waals surface area contributed by atoms with Crippen LogP contribution in [0.15, 0.2) is 145 Å². The first kappa shape index (κ1) is 33.9. The van der Waals surface area contributed by atoms with Gasteiger partial charge in [-0.1, -0.05) is 0 Å². The van der Waals surface area contributed by atoms with Crippen LogP contribution in [-0.4, -0.2) is 5.92 Å². The Morgan fingerprint density at radius 2 is 1.16 bits per heavy atom. The molecule has 0 bridgehead atoms. The normalized spacial score (nSPS) is 17.7. The molecule has 249 valence electrons. The van der Waals surface area contributed by atoms with Gasteiger partial charge in [-0.15, -0.1) is 0 Å². The van der Waals surface area contributed by atoms with Crippen molar-refractivity contribution in [2.75, 3.05) is 0 Å². The summed E-state index contributed by atoms with van der Waals surface area (Å²) in [5.41, 5.74) is 15.4. The molecule has 2 atom stereocenters. The molecule has 0 saturated carbocycles. The van der Waals surface area contributed by atoms with Crippen molar-refractivity contribution in [1.82, 2.24) is 0 Å². The van der Waals surface area contributed by atoms with Crippen LogP contribution >= 0.6 is 17.0 Å². The first-order valence-electron chi connectivity index (χ1n) is 17.9. The predicted molar refractivity (Wildman–Crippen MR) is 219 cm³/mol. The van der Waals surface area contributed by atoms with Gasteiger partial charge in [0.15, 0.2) is 0 Å². The van der Waals surface area contributed by atoms with Gasteiger partial charge in [0.1, 0.15) is 0 Å². The molecule has 0 amide bonds. The van der Waals surface area contributed by atoms with E-state index >= 15 is 0 Å². The second-order valence-corrected chi connectivity index (χ2v) is 57.5. The number of hydrogen-bond donors (Lipinski definition) is 0. The van der Waals surface area contributed by atoms with Gasteiger partial charge in [0, 0.05) is 0 Å². The number of hydrogen-bond acceptors (Lipinski definition) is 0. The van der Waals surface area contributed by atoms with Gasteiger partial charge in [0.25, 0.3) is 0 Å². The summed E-state index contributed by atoms with van der Waals surface area (Å²) in [5, 5.41) is 2.53. The van der Waals surface area contributed by atoms with Gasteiger partial charge >= 0.3 is 309 Å². The fourth-order valence-corrected chi connectivity index (χ4v) is 41.3. The van der Waals surface area contributed by atoms with Gasteiger partial charge in [-0.25, -0.2) is 0 Å². The van der Waals surface area contributed by atoms with Crippen molar-refractivity contribution in [3.8, 4) is 33.4 Å². The van der Waals surface area contributed by atoms with E-state index in [0.717, 1.165) is 0 Å². The fourth-order valence-electron chi connectivity index (χ4n) is 9.09. The Bertz CT molecular complexity index is 2330. The molecule has 2 unspecified atom stereocenters. The SMILES string of the molecule is CC1=Cc2c(-c3ccccc3)cc(-c3ccccc3)cc2[CH]1[Zr]([Cl])([Cl])([CH]1C(C(C)C)=Cc2c(-c3cccc4ccccc34)cccc21)[SiH](C)C. The summed E-state index contributed by atoms with van der Waals surface area (Å²) in [7, 11) is 17.6. The molecular weight excluding hydrogens is 743 g/mol. The van der Waals surface area contributed by atoms with E-state index in [1.807, 2.05) is 0 Å². The minimum absolute atomic E-state index is 0.0203. The van der Waals surface area contributed by atoms with Crippen LogP contribution in [0.4, 0.5) is 0 Å².